The van der Waals surface area contributed by atoms with Gasteiger partial charge in [0.2, 0.25) is 0 Å². The van der Waals surface area contributed by atoms with Gasteiger partial charge in [0.15, 0.2) is 0 Å². The molecule has 0 unspecified atom stereocenters. The highest BCUT2D eigenvalue weighted by atomic mass is 35.5. The van der Waals surface area contributed by atoms with Crippen LogP contribution in [-0.4, -0.2) is 11.8 Å². The predicted molar refractivity (Wildman–Crippen MR) is 88.5 cm³/mol. The van der Waals surface area contributed by atoms with Crippen LogP contribution >= 0.6 is 35.0 Å². The van der Waals surface area contributed by atoms with Crippen LogP contribution in [0.3, 0.4) is 0 Å². The quantitative estimate of drug-likeness (QED) is 0.651. The molecule has 3 heteroatoms. The molecule has 0 aliphatic carbocycles. The van der Waals surface area contributed by atoms with E-state index in [9.17, 15) is 0 Å². The van der Waals surface area contributed by atoms with Crippen LogP contribution in [0.25, 0.3) is 0 Å². The Hall–Kier alpha value is -0.630. The summed E-state index contributed by atoms with van der Waals surface area (Å²) in [5.74, 6) is 1.29. The van der Waals surface area contributed by atoms with Crippen LogP contribution in [0.4, 0.5) is 0 Å². The van der Waals surface area contributed by atoms with Crippen molar-refractivity contribution in [2.75, 3.05) is 11.8 Å². The lowest BCUT2D eigenvalue weighted by atomic mass is 9.70. The summed E-state index contributed by atoms with van der Waals surface area (Å²) in [5.41, 5.74) is 2.72. The molecule has 2 aromatic rings. The van der Waals surface area contributed by atoms with Crippen molar-refractivity contribution < 1.29 is 0 Å². The van der Waals surface area contributed by atoms with Gasteiger partial charge in [-0.15, -0.1) is 23.2 Å². The van der Waals surface area contributed by atoms with Gasteiger partial charge in [-0.1, -0.05) is 48.2 Å². The van der Waals surface area contributed by atoms with Crippen LogP contribution in [0.5, 0.6) is 0 Å². The molecule has 0 amide bonds. The zero-order valence-electron chi connectivity index (χ0n) is 11.1. The maximum Gasteiger partial charge on any atom is 0.0247 e. The topological polar surface area (TPSA) is 0 Å². The summed E-state index contributed by atoms with van der Waals surface area (Å²) in [6, 6.07) is 17.3. The molecular weight excluding hydrogens is 307 g/mol. The van der Waals surface area contributed by atoms with E-state index >= 15 is 0 Å². The molecule has 104 valence electrons. The first kappa shape index (κ1) is 14.3. The van der Waals surface area contributed by atoms with Crippen molar-refractivity contribution in [1.82, 2.24) is 0 Å². The van der Waals surface area contributed by atoms with Crippen molar-refractivity contribution >= 4 is 35.0 Å². The van der Waals surface area contributed by atoms with Crippen molar-refractivity contribution in [3.63, 3.8) is 0 Å². The molecular formula is C17H16Cl2S. The Labute approximate surface area is 134 Å². The van der Waals surface area contributed by atoms with Crippen LogP contribution < -0.4 is 0 Å². The summed E-state index contributed by atoms with van der Waals surface area (Å²) in [7, 11) is 0. The highest BCUT2D eigenvalue weighted by molar-refractivity contribution is 7.99. The molecule has 3 rings (SSSR count). The number of benzene rings is 2. The van der Waals surface area contributed by atoms with E-state index in [4.69, 9.17) is 23.2 Å². The molecule has 0 saturated carbocycles. The van der Waals surface area contributed by atoms with Crippen molar-refractivity contribution in [3.05, 3.63) is 59.7 Å². The molecule has 2 aromatic carbocycles. The molecule has 0 spiro atoms. The van der Waals surface area contributed by atoms with Gasteiger partial charge in [-0.3, -0.25) is 0 Å². The maximum atomic E-state index is 6.14. The van der Waals surface area contributed by atoms with Crippen LogP contribution in [0.2, 0.25) is 0 Å². The van der Waals surface area contributed by atoms with E-state index in [-0.39, 0.29) is 5.41 Å². The highest BCUT2D eigenvalue weighted by Crippen LogP contribution is 2.52. The van der Waals surface area contributed by atoms with Gasteiger partial charge in [0.1, 0.15) is 0 Å². The predicted octanol–water partition coefficient (Wildman–Crippen LogP) is 5.70. The maximum absolute atomic E-state index is 6.14. The third kappa shape index (κ3) is 2.26. The molecule has 1 heterocycles. The molecule has 20 heavy (non-hydrogen) atoms. The summed E-state index contributed by atoms with van der Waals surface area (Å²) < 4.78 is 0. The lowest BCUT2D eigenvalue weighted by Crippen LogP contribution is -2.32. The molecule has 0 fully saturated rings. The second-order valence-electron chi connectivity index (χ2n) is 5.05. The van der Waals surface area contributed by atoms with E-state index in [1.54, 1.807) is 0 Å². The van der Waals surface area contributed by atoms with E-state index < -0.39 is 0 Å². The van der Waals surface area contributed by atoms with Gasteiger partial charge in [-0.05, 0) is 36.1 Å². The lowest BCUT2D eigenvalue weighted by molar-refractivity contribution is 0.463. The van der Waals surface area contributed by atoms with E-state index in [2.05, 4.69) is 48.5 Å². The number of alkyl halides is 2. The molecule has 0 N–H and O–H groups in total. The number of hydrogen-bond acceptors (Lipinski definition) is 1. The molecule has 0 radical (unpaired) electrons. The fraction of sp³-hybridized carbons (Fsp3) is 0.294. The van der Waals surface area contributed by atoms with Crippen molar-refractivity contribution in [2.45, 2.75) is 28.0 Å². The molecule has 0 bridgehead atoms. The van der Waals surface area contributed by atoms with E-state index in [1.807, 2.05) is 11.8 Å². The third-order valence-electron chi connectivity index (χ3n) is 4.07. The van der Waals surface area contributed by atoms with Gasteiger partial charge in [0.25, 0.3) is 0 Å². The minimum absolute atomic E-state index is 0.0397. The minimum Gasteiger partial charge on any atom is -0.127 e. The van der Waals surface area contributed by atoms with Gasteiger partial charge in [-0.2, -0.15) is 0 Å². The Morgan fingerprint density at radius 2 is 1.20 bits per heavy atom. The normalized spacial score (nSPS) is 15.5. The Kier molecular flexibility index (Phi) is 4.30. The fourth-order valence-corrected chi connectivity index (χ4v) is 5.07. The number of fused-ring (bicyclic) bond motifs is 2. The molecule has 0 nitrogen and oxygen atoms in total. The van der Waals surface area contributed by atoms with E-state index in [1.165, 1.54) is 20.9 Å². The van der Waals surface area contributed by atoms with Crippen molar-refractivity contribution in [1.29, 1.82) is 0 Å². The van der Waals surface area contributed by atoms with Crippen LogP contribution in [0.1, 0.15) is 24.0 Å². The molecule has 1 aliphatic rings. The summed E-state index contributed by atoms with van der Waals surface area (Å²) in [5, 5.41) is 0. The minimum atomic E-state index is -0.0397. The lowest BCUT2D eigenvalue weighted by Gasteiger charge is -2.40. The second kappa shape index (κ2) is 6.01. The van der Waals surface area contributed by atoms with Gasteiger partial charge in [0, 0.05) is 27.0 Å². The van der Waals surface area contributed by atoms with Gasteiger partial charge >= 0.3 is 0 Å². The Bertz CT molecular complexity index is 556. The Balaban J connectivity index is 2.25. The SMILES string of the molecule is ClCCC1(CCCl)c2ccccc2Sc2ccccc21. The Morgan fingerprint density at radius 3 is 1.65 bits per heavy atom. The van der Waals surface area contributed by atoms with E-state index in [0.29, 0.717) is 11.8 Å². The number of hydrogen-bond donors (Lipinski definition) is 0. The van der Waals surface area contributed by atoms with Gasteiger partial charge in [0.05, 0.1) is 0 Å². The monoisotopic (exact) mass is 322 g/mol. The van der Waals surface area contributed by atoms with Crippen LogP contribution in [0.15, 0.2) is 58.3 Å². The van der Waals surface area contributed by atoms with Gasteiger partial charge < -0.3 is 0 Å². The summed E-state index contributed by atoms with van der Waals surface area (Å²) in [4.78, 5) is 2.67. The number of halogens is 2. The highest BCUT2D eigenvalue weighted by Gasteiger charge is 2.39. The van der Waals surface area contributed by atoms with Crippen LogP contribution in [-0.2, 0) is 5.41 Å². The molecule has 0 aromatic heterocycles. The summed E-state index contributed by atoms with van der Waals surface area (Å²) in [6.45, 7) is 0. The molecule has 1 aliphatic heterocycles. The second-order valence-corrected chi connectivity index (χ2v) is 6.89. The zero-order chi connectivity index (χ0) is 14.0. The first-order valence-electron chi connectivity index (χ1n) is 6.80. The summed E-state index contributed by atoms with van der Waals surface area (Å²) >= 11 is 14.1. The van der Waals surface area contributed by atoms with Crippen molar-refractivity contribution in [3.8, 4) is 0 Å². The molecule has 0 atom stereocenters. The average Bonchev–Trinajstić information content (AvgIpc) is 2.48. The first-order valence-corrected chi connectivity index (χ1v) is 8.69. The van der Waals surface area contributed by atoms with Crippen LogP contribution in [0, 0.1) is 0 Å². The third-order valence-corrected chi connectivity index (χ3v) is 5.60. The molecule has 0 saturated heterocycles. The standard InChI is InChI=1S/C17H16Cl2S/c18-11-9-17(10-12-19)13-5-1-3-7-15(13)20-16-8-4-2-6-14(16)17/h1-8H,9-12H2. The van der Waals surface area contributed by atoms with E-state index in [0.717, 1.165) is 12.8 Å². The fourth-order valence-electron chi connectivity index (χ4n) is 3.15. The Morgan fingerprint density at radius 1 is 0.750 bits per heavy atom. The first-order chi connectivity index (χ1) is 9.81. The largest absolute Gasteiger partial charge is 0.127 e. The smallest absolute Gasteiger partial charge is 0.0247 e. The summed E-state index contributed by atoms with van der Waals surface area (Å²) in [6.07, 6.45) is 1.85. The van der Waals surface area contributed by atoms with Gasteiger partial charge in [-0.25, -0.2) is 0 Å². The average molecular weight is 323 g/mol. The zero-order valence-corrected chi connectivity index (χ0v) is 13.4. The van der Waals surface area contributed by atoms with Crippen molar-refractivity contribution in [2.24, 2.45) is 0 Å². The number of rotatable bonds is 4.